The molecule has 0 spiro atoms. The van der Waals surface area contributed by atoms with Crippen LogP contribution in [0, 0.1) is 5.41 Å². The maximum Gasteiger partial charge on any atom is 0.325 e. The molecule has 0 aromatic rings. The van der Waals surface area contributed by atoms with Crippen LogP contribution in [0.1, 0.15) is 19.8 Å². The van der Waals surface area contributed by atoms with Gasteiger partial charge in [0, 0.05) is 0 Å². The molecule has 0 aliphatic rings. The lowest BCUT2D eigenvalue weighted by Gasteiger charge is -2.30. The van der Waals surface area contributed by atoms with Crippen molar-refractivity contribution in [2.24, 2.45) is 5.41 Å². The summed E-state index contributed by atoms with van der Waals surface area (Å²) in [5.41, 5.74) is -1.50. The molecule has 0 aromatic carbocycles. The quantitative estimate of drug-likeness (QED) is 0.312. The fraction of sp³-hybridized carbons (Fsp3) is 0.636. The largest absolute Gasteiger partial charge is 0.468 e. The van der Waals surface area contributed by atoms with Crippen molar-refractivity contribution in [1.29, 1.82) is 0 Å². The summed E-state index contributed by atoms with van der Waals surface area (Å²) in [6.45, 7) is 5.34. The van der Waals surface area contributed by atoms with Crippen molar-refractivity contribution in [2.45, 2.75) is 25.1 Å². The van der Waals surface area contributed by atoms with Crippen LogP contribution in [0.4, 0.5) is 0 Å². The zero-order valence-corrected chi connectivity index (χ0v) is 10.5. The molecule has 4 nitrogen and oxygen atoms in total. The molecule has 5 heteroatoms. The molecular formula is C11H17ClO4. The Morgan fingerprint density at radius 3 is 2.06 bits per heavy atom. The number of rotatable bonds is 6. The van der Waals surface area contributed by atoms with Crippen molar-refractivity contribution < 1.29 is 19.1 Å². The van der Waals surface area contributed by atoms with Crippen molar-refractivity contribution in [3.05, 3.63) is 12.7 Å². The Morgan fingerprint density at radius 2 is 1.81 bits per heavy atom. The van der Waals surface area contributed by atoms with Crippen LogP contribution in [0.3, 0.4) is 0 Å². The molecule has 0 aliphatic heterocycles. The number of allylic oxidation sites excluding steroid dienone is 1. The SMILES string of the molecule is C=CC(Cl)C(CCC)(C(=O)OC)C(=O)OC. The second-order valence-electron chi connectivity index (χ2n) is 3.34. The van der Waals surface area contributed by atoms with Gasteiger partial charge in [-0.3, -0.25) is 9.59 Å². The van der Waals surface area contributed by atoms with E-state index in [9.17, 15) is 9.59 Å². The highest BCUT2D eigenvalue weighted by Gasteiger charge is 2.52. The van der Waals surface area contributed by atoms with E-state index in [2.05, 4.69) is 16.1 Å². The molecule has 0 saturated heterocycles. The van der Waals surface area contributed by atoms with Gasteiger partial charge in [0.2, 0.25) is 0 Å². The van der Waals surface area contributed by atoms with E-state index < -0.39 is 22.7 Å². The molecule has 0 radical (unpaired) electrons. The van der Waals surface area contributed by atoms with Crippen LogP contribution in [-0.4, -0.2) is 31.5 Å². The third-order valence-corrected chi connectivity index (χ3v) is 2.97. The number of hydrogen-bond acceptors (Lipinski definition) is 4. The lowest BCUT2D eigenvalue weighted by Crippen LogP contribution is -2.47. The number of hydrogen-bond donors (Lipinski definition) is 0. The number of carbonyl (C=O) groups is 2. The van der Waals surface area contributed by atoms with Gasteiger partial charge in [-0.05, 0) is 6.42 Å². The fourth-order valence-electron chi connectivity index (χ4n) is 1.61. The topological polar surface area (TPSA) is 52.6 Å². The second-order valence-corrected chi connectivity index (χ2v) is 3.81. The summed E-state index contributed by atoms with van der Waals surface area (Å²) in [5, 5.41) is -0.854. The predicted molar refractivity (Wildman–Crippen MR) is 61.2 cm³/mol. The monoisotopic (exact) mass is 248 g/mol. The van der Waals surface area contributed by atoms with Crippen molar-refractivity contribution in [1.82, 2.24) is 0 Å². The van der Waals surface area contributed by atoms with Crippen LogP contribution in [0.25, 0.3) is 0 Å². The molecule has 0 rings (SSSR count). The fourth-order valence-corrected chi connectivity index (χ4v) is 1.90. The summed E-state index contributed by atoms with van der Waals surface area (Å²) in [6, 6.07) is 0. The molecule has 1 unspecified atom stereocenters. The van der Waals surface area contributed by atoms with Crippen molar-refractivity contribution in [3.63, 3.8) is 0 Å². The maximum atomic E-state index is 11.8. The average molecular weight is 249 g/mol. The summed E-state index contributed by atoms with van der Waals surface area (Å²) < 4.78 is 9.28. The maximum absolute atomic E-state index is 11.8. The van der Waals surface area contributed by atoms with Gasteiger partial charge in [-0.15, -0.1) is 18.2 Å². The number of ether oxygens (including phenoxy) is 2. The first-order valence-corrected chi connectivity index (χ1v) is 5.38. The third kappa shape index (κ3) is 2.55. The van der Waals surface area contributed by atoms with Gasteiger partial charge in [0.05, 0.1) is 19.6 Å². The van der Waals surface area contributed by atoms with E-state index in [1.54, 1.807) is 0 Å². The molecule has 0 N–H and O–H groups in total. The van der Waals surface area contributed by atoms with Crippen molar-refractivity contribution in [2.75, 3.05) is 14.2 Å². The first-order chi connectivity index (χ1) is 7.50. The zero-order valence-electron chi connectivity index (χ0n) is 9.79. The van der Waals surface area contributed by atoms with Crippen LogP contribution in [-0.2, 0) is 19.1 Å². The number of alkyl halides is 1. The number of carbonyl (C=O) groups excluding carboxylic acids is 2. The molecule has 0 saturated carbocycles. The Morgan fingerprint density at radius 1 is 1.38 bits per heavy atom. The lowest BCUT2D eigenvalue weighted by molar-refractivity contribution is -0.169. The van der Waals surface area contributed by atoms with Crippen LogP contribution >= 0.6 is 11.6 Å². The molecule has 16 heavy (non-hydrogen) atoms. The van der Waals surface area contributed by atoms with Crippen LogP contribution in [0.2, 0.25) is 0 Å². The molecule has 0 amide bonds. The normalized spacial score (nSPS) is 12.8. The minimum atomic E-state index is -1.50. The van der Waals surface area contributed by atoms with Gasteiger partial charge in [-0.1, -0.05) is 19.4 Å². The summed E-state index contributed by atoms with van der Waals surface area (Å²) in [7, 11) is 2.42. The zero-order chi connectivity index (χ0) is 12.8. The number of methoxy groups -OCH3 is 2. The smallest absolute Gasteiger partial charge is 0.325 e. The summed E-state index contributed by atoms with van der Waals surface area (Å²) in [5.74, 6) is -1.39. The van der Waals surface area contributed by atoms with Gasteiger partial charge in [0.15, 0.2) is 5.41 Å². The Hall–Kier alpha value is -1.03. The van der Waals surface area contributed by atoms with Crippen molar-refractivity contribution in [3.8, 4) is 0 Å². The van der Waals surface area contributed by atoms with Crippen LogP contribution in [0.15, 0.2) is 12.7 Å². The Kier molecular flexibility index (Phi) is 6.11. The molecule has 0 heterocycles. The highest BCUT2D eigenvalue weighted by atomic mass is 35.5. The highest BCUT2D eigenvalue weighted by Crippen LogP contribution is 2.35. The summed E-state index contributed by atoms with van der Waals surface area (Å²) in [6.07, 6.45) is 2.19. The predicted octanol–water partition coefficient (Wildman–Crippen LogP) is 1.91. The molecule has 0 fully saturated rings. The summed E-state index contributed by atoms with van der Waals surface area (Å²) in [4.78, 5) is 23.5. The molecular weight excluding hydrogens is 232 g/mol. The Bertz CT molecular complexity index is 259. The molecule has 0 aliphatic carbocycles. The molecule has 1 atom stereocenters. The van der Waals surface area contributed by atoms with E-state index >= 15 is 0 Å². The first kappa shape index (κ1) is 15.0. The van der Waals surface area contributed by atoms with E-state index in [1.807, 2.05) is 6.92 Å². The Labute approximate surface area is 101 Å². The minimum absolute atomic E-state index is 0.256. The van der Waals surface area contributed by atoms with E-state index in [-0.39, 0.29) is 6.42 Å². The minimum Gasteiger partial charge on any atom is -0.468 e. The van der Waals surface area contributed by atoms with Gasteiger partial charge in [-0.2, -0.15) is 0 Å². The van der Waals surface area contributed by atoms with Crippen LogP contribution < -0.4 is 0 Å². The van der Waals surface area contributed by atoms with E-state index in [0.29, 0.717) is 6.42 Å². The van der Waals surface area contributed by atoms with Gasteiger partial charge < -0.3 is 9.47 Å². The number of esters is 2. The molecule has 0 bridgehead atoms. The van der Waals surface area contributed by atoms with Gasteiger partial charge in [0.1, 0.15) is 0 Å². The number of halogens is 1. The summed E-state index contributed by atoms with van der Waals surface area (Å²) >= 11 is 5.99. The van der Waals surface area contributed by atoms with Gasteiger partial charge in [-0.25, -0.2) is 0 Å². The standard InChI is InChI=1S/C11H17ClO4/c1-5-7-11(8(12)6-2,9(13)15-3)10(14)16-4/h6,8H,2,5,7H2,1,3-4H3. The second kappa shape index (κ2) is 6.53. The van der Waals surface area contributed by atoms with Crippen LogP contribution in [0.5, 0.6) is 0 Å². The average Bonchev–Trinajstić information content (AvgIpc) is 2.32. The lowest BCUT2D eigenvalue weighted by atomic mass is 9.79. The molecule has 92 valence electrons. The first-order valence-electron chi connectivity index (χ1n) is 4.94. The Balaban J connectivity index is 5.46. The molecule has 0 aromatic heterocycles. The van der Waals surface area contributed by atoms with E-state index in [1.165, 1.54) is 20.3 Å². The van der Waals surface area contributed by atoms with E-state index in [4.69, 9.17) is 11.6 Å². The van der Waals surface area contributed by atoms with Gasteiger partial charge in [0.25, 0.3) is 0 Å². The third-order valence-electron chi connectivity index (χ3n) is 2.42. The van der Waals surface area contributed by atoms with E-state index in [0.717, 1.165) is 0 Å². The van der Waals surface area contributed by atoms with Gasteiger partial charge >= 0.3 is 11.9 Å². The highest BCUT2D eigenvalue weighted by molar-refractivity contribution is 6.26. The van der Waals surface area contributed by atoms with Crippen molar-refractivity contribution >= 4 is 23.5 Å².